The number of rotatable bonds is 6. The van der Waals surface area contributed by atoms with Gasteiger partial charge < -0.3 is 19.3 Å². The lowest BCUT2D eigenvalue weighted by Crippen LogP contribution is -2.49. The molecule has 1 heterocycles. The van der Waals surface area contributed by atoms with E-state index >= 15 is 0 Å². The summed E-state index contributed by atoms with van der Waals surface area (Å²) in [6.45, 7) is 6.54. The molecular formula is C14H26N2O4. The SMILES string of the molecule is CCOC(=O)CN(CCOC)C(=O)N1CCCC(C)C1. The van der Waals surface area contributed by atoms with Crippen LogP contribution in [0.4, 0.5) is 4.79 Å². The molecule has 20 heavy (non-hydrogen) atoms. The zero-order chi connectivity index (χ0) is 15.0. The van der Waals surface area contributed by atoms with Crippen molar-refractivity contribution >= 4 is 12.0 Å². The van der Waals surface area contributed by atoms with Gasteiger partial charge in [-0.25, -0.2) is 4.79 Å². The van der Waals surface area contributed by atoms with Gasteiger partial charge in [0.1, 0.15) is 6.54 Å². The van der Waals surface area contributed by atoms with E-state index in [4.69, 9.17) is 9.47 Å². The molecule has 2 amide bonds. The lowest BCUT2D eigenvalue weighted by atomic mass is 10.0. The summed E-state index contributed by atoms with van der Waals surface area (Å²) in [4.78, 5) is 27.4. The van der Waals surface area contributed by atoms with Gasteiger partial charge >= 0.3 is 12.0 Å². The average molecular weight is 286 g/mol. The number of nitrogens with zero attached hydrogens (tertiary/aromatic N) is 2. The maximum absolute atomic E-state index is 12.5. The number of hydrogen-bond donors (Lipinski definition) is 0. The largest absolute Gasteiger partial charge is 0.465 e. The minimum absolute atomic E-state index is 0.0130. The monoisotopic (exact) mass is 286 g/mol. The quantitative estimate of drug-likeness (QED) is 0.692. The summed E-state index contributed by atoms with van der Waals surface area (Å²) in [5.74, 6) is 0.140. The Morgan fingerprint density at radius 2 is 2.15 bits per heavy atom. The molecule has 0 aromatic heterocycles. The van der Waals surface area contributed by atoms with Gasteiger partial charge in [-0.3, -0.25) is 4.79 Å². The van der Waals surface area contributed by atoms with Gasteiger partial charge in [-0.15, -0.1) is 0 Å². The van der Waals surface area contributed by atoms with Gasteiger partial charge in [0.15, 0.2) is 0 Å². The summed E-state index contributed by atoms with van der Waals surface area (Å²) >= 11 is 0. The highest BCUT2D eigenvalue weighted by Crippen LogP contribution is 2.16. The topological polar surface area (TPSA) is 59.1 Å². The molecule has 1 fully saturated rings. The summed E-state index contributed by atoms with van der Waals surface area (Å²) in [5, 5.41) is 0. The molecule has 0 bridgehead atoms. The lowest BCUT2D eigenvalue weighted by molar-refractivity contribution is -0.144. The van der Waals surface area contributed by atoms with Gasteiger partial charge in [0.2, 0.25) is 0 Å². The van der Waals surface area contributed by atoms with E-state index in [2.05, 4.69) is 6.92 Å². The van der Waals surface area contributed by atoms with E-state index in [0.29, 0.717) is 25.7 Å². The first-order valence-electron chi connectivity index (χ1n) is 7.26. The summed E-state index contributed by atoms with van der Waals surface area (Å²) in [6.07, 6.45) is 2.17. The van der Waals surface area contributed by atoms with E-state index in [0.717, 1.165) is 25.9 Å². The molecule has 1 unspecified atom stereocenters. The molecule has 1 atom stereocenters. The molecule has 1 aliphatic rings. The molecule has 0 aliphatic carbocycles. The number of carbonyl (C=O) groups excluding carboxylic acids is 2. The minimum Gasteiger partial charge on any atom is -0.465 e. The Bertz CT molecular complexity index is 322. The summed E-state index contributed by atoms with van der Waals surface area (Å²) in [7, 11) is 1.58. The Hall–Kier alpha value is -1.30. The van der Waals surface area contributed by atoms with Crippen molar-refractivity contribution in [1.29, 1.82) is 0 Å². The Balaban J connectivity index is 2.60. The number of carbonyl (C=O) groups is 2. The first-order chi connectivity index (χ1) is 9.58. The fourth-order valence-corrected chi connectivity index (χ4v) is 2.37. The molecule has 1 saturated heterocycles. The first-order valence-corrected chi connectivity index (χ1v) is 7.26. The van der Waals surface area contributed by atoms with Crippen LogP contribution in [0.1, 0.15) is 26.7 Å². The average Bonchev–Trinajstić information content (AvgIpc) is 2.43. The second-order valence-corrected chi connectivity index (χ2v) is 5.20. The van der Waals surface area contributed by atoms with E-state index in [1.807, 2.05) is 4.90 Å². The summed E-state index contributed by atoms with van der Waals surface area (Å²) in [5.41, 5.74) is 0. The number of urea groups is 1. The van der Waals surface area contributed by atoms with Crippen LogP contribution in [-0.4, -0.2) is 68.3 Å². The van der Waals surface area contributed by atoms with Crippen LogP contribution in [0.2, 0.25) is 0 Å². The lowest BCUT2D eigenvalue weighted by Gasteiger charge is -2.35. The molecule has 6 nitrogen and oxygen atoms in total. The molecule has 0 aromatic rings. The van der Waals surface area contributed by atoms with Crippen molar-refractivity contribution in [3.8, 4) is 0 Å². The first kappa shape index (κ1) is 16.8. The van der Waals surface area contributed by atoms with Crippen molar-refractivity contribution < 1.29 is 19.1 Å². The van der Waals surface area contributed by atoms with Crippen molar-refractivity contribution in [3.63, 3.8) is 0 Å². The van der Waals surface area contributed by atoms with Crippen molar-refractivity contribution in [1.82, 2.24) is 9.80 Å². The van der Waals surface area contributed by atoms with Crippen LogP contribution in [0.15, 0.2) is 0 Å². The number of hydrogen-bond acceptors (Lipinski definition) is 4. The molecule has 1 rings (SSSR count). The maximum Gasteiger partial charge on any atom is 0.325 e. The van der Waals surface area contributed by atoms with Crippen LogP contribution in [0.25, 0.3) is 0 Å². The molecule has 6 heteroatoms. The Labute approximate surface area is 121 Å². The third kappa shape index (κ3) is 5.36. The number of methoxy groups -OCH3 is 1. The summed E-state index contributed by atoms with van der Waals surface area (Å²) in [6, 6.07) is -0.0957. The third-order valence-corrected chi connectivity index (χ3v) is 3.39. The van der Waals surface area contributed by atoms with Gasteiger partial charge in [-0.05, 0) is 25.7 Å². The molecule has 0 spiro atoms. The summed E-state index contributed by atoms with van der Waals surface area (Å²) < 4.78 is 9.93. The highest BCUT2D eigenvalue weighted by Gasteiger charge is 2.26. The smallest absolute Gasteiger partial charge is 0.325 e. The predicted molar refractivity (Wildman–Crippen MR) is 75.4 cm³/mol. The van der Waals surface area contributed by atoms with Crippen molar-refractivity contribution in [2.45, 2.75) is 26.7 Å². The normalized spacial score (nSPS) is 18.8. The number of ether oxygens (including phenoxy) is 2. The van der Waals surface area contributed by atoms with Crippen molar-refractivity contribution in [2.24, 2.45) is 5.92 Å². The van der Waals surface area contributed by atoms with E-state index in [-0.39, 0.29) is 18.5 Å². The van der Waals surface area contributed by atoms with E-state index in [9.17, 15) is 9.59 Å². The van der Waals surface area contributed by atoms with Gasteiger partial charge in [0.05, 0.1) is 13.2 Å². The van der Waals surface area contributed by atoms with E-state index in [1.54, 1.807) is 14.0 Å². The molecular weight excluding hydrogens is 260 g/mol. The van der Waals surface area contributed by atoms with Gasteiger partial charge in [-0.1, -0.05) is 6.92 Å². The fourth-order valence-electron chi connectivity index (χ4n) is 2.37. The number of likely N-dealkylation sites (tertiary alicyclic amines) is 1. The Morgan fingerprint density at radius 3 is 2.75 bits per heavy atom. The number of amides is 2. The second kappa shape index (κ2) is 8.79. The zero-order valence-corrected chi connectivity index (χ0v) is 12.8. The molecule has 0 radical (unpaired) electrons. The van der Waals surface area contributed by atoms with Crippen LogP contribution in [0, 0.1) is 5.92 Å². The van der Waals surface area contributed by atoms with Gasteiger partial charge in [0, 0.05) is 26.7 Å². The third-order valence-electron chi connectivity index (χ3n) is 3.39. The molecule has 116 valence electrons. The van der Waals surface area contributed by atoms with E-state index in [1.165, 1.54) is 4.90 Å². The standard InChI is InChI=1S/C14H26N2O4/c1-4-20-13(17)11-16(8-9-19-3)14(18)15-7-5-6-12(2)10-15/h12H,4-11H2,1-3H3. The fraction of sp³-hybridized carbons (Fsp3) is 0.857. The van der Waals surface area contributed by atoms with Crippen LogP contribution in [-0.2, 0) is 14.3 Å². The van der Waals surface area contributed by atoms with E-state index < -0.39 is 0 Å². The van der Waals surface area contributed by atoms with Crippen molar-refractivity contribution in [2.75, 3.05) is 46.5 Å². The van der Waals surface area contributed by atoms with Gasteiger partial charge in [0.25, 0.3) is 0 Å². The maximum atomic E-state index is 12.5. The molecule has 1 aliphatic heterocycles. The second-order valence-electron chi connectivity index (χ2n) is 5.20. The van der Waals surface area contributed by atoms with Crippen LogP contribution < -0.4 is 0 Å². The highest BCUT2D eigenvalue weighted by molar-refractivity contribution is 5.81. The Morgan fingerprint density at radius 1 is 1.40 bits per heavy atom. The van der Waals surface area contributed by atoms with Crippen LogP contribution >= 0.6 is 0 Å². The van der Waals surface area contributed by atoms with Gasteiger partial charge in [-0.2, -0.15) is 0 Å². The molecule has 0 aromatic carbocycles. The number of piperidine rings is 1. The van der Waals surface area contributed by atoms with Crippen molar-refractivity contribution in [3.05, 3.63) is 0 Å². The highest BCUT2D eigenvalue weighted by atomic mass is 16.5. The minimum atomic E-state index is -0.373. The Kier molecular flexibility index (Phi) is 7.36. The predicted octanol–water partition coefficient (Wildman–Crippen LogP) is 1.35. The number of esters is 1. The van der Waals surface area contributed by atoms with Crippen LogP contribution in [0.3, 0.4) is 0 Å². The molecule has 0 saturated carbocycles. The molecule has 0 N–H and O–H groups in total. The zero-order valence-electron chi connectivity index (χ0n) is 12.8. The van der Waals surface area contributed by atoms with Crippen LogP contribution in [0.5, 0.6) is 0 Å².